The number of aryl methyl sites for hydroxylation is 3. The van der Waals surface area contributed by atoms with Crippen LogP contribution in [0, 0.1) is 0 Å². The summed E-state index contributed by atoms with van der Waals surface area (Å²) in [6.45, 7) is 2.38. The summed E-state index contributed by atoms with van der Waals surface area (Å²) in [6.07, 6.45) is 4.89. The van der Waals surface area contributed by atoms with Gasteiger partial charge in [0, 0.05) is 24.9 Å². The van der Waals surface area contributed by atoms with Gasteiger partial charge in [0.05, 0.1) is 12.3 Å². The van der Waals surface area contributed by atoms with E-state index in [1.165, 1.54) is 16.5 Å². The number of anilines is 1. The van der Waals surface area contributed by atoms with E-state index in [9.17, 15) is 13.2 Å². The van der Waals surface area contributed by atoms with Crippen LogP contribution in [0.5, 0.6) is 0 Å². The highest BCUT2D eigenvalue weighted by atomic mass is 32.2. The maximum absolute atomic E-state index is 12.0. The molecule has 1 N–H and O–H groups in total. The average molecular weight is 349 g/mol. The van der Waals surface area contributed by atoms with Gasteiger partial charge in [0.25, 0.3) is 0 Å². The molecule has 1 amide bonds. The number of benzene rings is 1. The highest BCUT2D eigenvalue weighted by Gasteiger charge is 2.07. The van der Waals surface area contributed by atoms with Crippen molar-refractivity contribution in [3.8, 4) is 0 Å². The number of carbonyl (C=O) groups excluding carboxylic acids is 1. The van der Waals surface area contributed by atoms with Crippen LogP contribution in [-0.2, 0) is 34.0 Å². The molecule has 24 heavy (non-hydrogen) atoms. The van der Waals surface area contributed by atoms with Gasteiger partial charge in [-0.05, 0) is 24.0 Å². The second-order valence-electron chi connectivity index (χ2n) is 5.81. The number of hydrogen-bond acceptors (Lipinski definition) is 4. The van der Waals surface area contributed by atoms with Gasteiger partial charge in [-0.25, -0.2) is 8.42 Å². The number of aromatic nitrogens is 2. The molecule has 1 heterocycles. The van der Waals surface area contributed by atoms with Crippen LogP contribution in [0.25, 0.3) is 0 Å². The molecule has 0 saturated carbocycles. The zero-order chi connectivity index (χ0) is 17.6. The lowest BCUT2D eigenvalue weighted by atomic mass is 10.1. The van der Waals surface area contributed by atoms with Gasteiger partial charge in [-0.3, -0.25) is 9.48 Å². The zero-order valence-corrected chi connectivity index (χ0v) is 14.8. The predicted octanol–water partition coefficient (Wildman–Crippen LogP) is 2.06. The molecule has 0 spiro atoms. The molecule has 2 rings (SSSR count). The van der Waals surface area contributed by atoms with Crippen molar-refractivity contribution in [1.82, 2.24) is 9.78 Å². The van der Waals surface area contributed by atoms with Crippen molar-refractivity contribution >= 4 is 21.6 Å². The SMILES string of the molecule is CCc1ccc(CCC(=O)Nc2ccn(CCS(C)(=O)=O)n2)cc1. The molecule has 0 unspecified atom stereocenters. The van der Waals surface area contributed by atoms with Gasteiger partial charge in [-0.15, -0.1) is 0 Å². The first-order valence-corrected chi connectivity index (χ1v) is 10.0. The van der Waals surface area contributed by atoms with Gasteiger partial charge in [0.15, 0.2) is 5.82 Å². The van der Waals surface area contributed by atoms with Crippen molar-refractivity contribution < 1.29 is 13.2 Å². The molecule has 6 nitrogen and oxygen atoms in total. The van der Waals surface area contributed by atoms with E-state index in [-0.39, 0.29) is 18.2 Å². The third kappa shape index (κ3) is 6.16. The van der Waals surface area contributed by atoms with E-state index >= 15 is 0 Å². The molecular weight excluding hydrogens is 326 g/mol. The number of hydrogen-bond donors (Lipinski definition) is 1. The maximum atomic E-state index is 12.0. The molecular formula is C17H23N3O3S. The van der Waals surface area contributed by atoms with E-state index in [1.807, 2.05) is 12.1 Å². The number of sulfone groups is 1. The second-order valence-corrected chi connectivity index (χ2v) is 8.07. The number of nitrogens with zero attached hydrogens (tertiary/aromatic N) is 2. The van der Waals surface area contributed by atoms with Crippen LogP contribution < -0.4 is 5.32 Å². The molecule has 0 bridgehead atoms. The summed E-state index contributed by atoms with van der Waals surface area (Å²) >= 11 is 0. The van der Waals surface area contributed by atoms with Crippen LogP contribution in [0.4, 0.5) is 5.82 Å². The number of carbonyl (C=O) groups is 1. The topological polar surface area (TPSA) is 81.1 Å². The van der Waals surface area contributed by atoms with Gasteiger partial charge >= 0.3 is 0 Å². The number of rotatable bonds is 8. The molecule has 0 fully saturated rings. The summed E-state index contributed by atoms with van der Waals surface area (Å²) < 4.78 is 23.8. The first kappa shape index (κ1) is 18.2. The molecule has 0 aliphatic carbocycles. The van der Waals surface area contributed by atoms with E-state index in [0.717, 1.165) is 12.0 Å². The monoisotopic (exact) mass is 349 g/mol. The third-order valence-electron chi connectivity index (χ3n) is 3.67. The van der Waals surface area contributed by atoms with Gasteiger partial charge in [0.2, 0.25) is 5.91 Å². The van der Waals surface area contributed by atoms with Crippen LogP contribution in [0.3, 0.4) is 0 Å². The lowest BCUT2D eigenvalue weighted by Crippen LogP contribution is -2.14. The summed E-state index contributed by atoms with van der Waals surface area (Å²) in [5, 5.41) is 6.88. The lowest BCUT2D eigenvalue weighted by Gasteiger charge is -2.04. The maximum Gasteiger partial charge on any atom is 0.225 e. The Balaban J connectivity index is 1.80. The Morgan fingerprint density at radius 1 is 1.17 bits per heavy atom. The van der Waals surface area contributed by atoms with Gasteiger partial charge < -0.3 is 5.32 Å². The minimum absolute atomic E-state index is 0.0236. The van der Waals surface area contributed by atoms with Crippen molar-refractivity contribution in [2.75, 3.05) is 17.3 Å². The Hall–Kier alpha value is -2.15. The normalized spacial score (nSPS) is 11.4. The van der Waals surface area contributed by atoms with Crippen LogP contribution in [-0.4, -0.2) is 36.1 Å². The van der Waals surface area contributed by atoms with Crippen LogP contribution in [0.15, 0.2) is 36.5 Å². The summed E-state index contributed by atoms with van der Waals surface area (Å²) in [6, 6.07) is 9.92. The number of amides is 1. The molecule has 7 heteroatoms. The highest BCUT2D eigenvalue weighted by molar-refractivity contribution is 7.90. The van der Waals surface area contributed by atoms with Crippen molar-refractivity contribution in [3.63, 3.8) is 0 Å². The average Bonchev–Trinajstić information content (AvgIpc) is 2.98. The lowest BCUT2D eigenvalue weighted by molar-refractivity contribution is -0.116. The summed E-state index contributed by atoms with van der Waals surface area (Å²) in [5.74, 6) is 0.355. The van der Waals surface area contributed by atoms with Crippen molar-refractivity contribution in [1.29, 1.82) is 0 Å². The van der Waals surface area contributed by atoms with Gasteiger partial charge in [0.1, 0.15) is 9.84 Å². The van der Waals surface area contributed by atoms with E-state index in [1.54, 1.807) is 12.3 Å². The van der Waals surface area contributed by atoms with Crippen LogP contribution >= 0.6 is 0 Å². The second kappa shape index (κ2) is 8.10. The van der Waals surface area contributed by atoms with E-state index in [2.05, 4.69) is 29.5 Å². The Kier molecular flexibility index (Phi) is 6.14. The first-order chi connectivity index (χ1) is 11.4. The van der Waals surface area contributed by atoms with E-state index < -0.39 is 9.84 Å². The molecule has 0 radical (unpaired) electrons. The van der Waals surface area contributed by atoms with Crippen molar-refractivity contribution in [3.05, 3.63) is 47.7 Å². The fourth-order valence-corrected chi connectivity index (χ4v) is 2.74. The third-order valence-corrected chi connectivity index (χ3v) is 4.60. The molecule has 0 atom stereocenters. The predicted molar refractivity (Wildman–Crippen MR) is 94.7 cm³/mol. The summed E-state index contributed by atoms with van der Waals surface area (Å²) in [5.41, 5.74) is 2.41. The standard InChI is InChI=1S/C17H23N3O3S/c1-3-14-4-6-15(7-5-14)8-9-17(21)18-16-10-11-20(19-16)12-13-24(2,22)23/h4-7,10-11H,3,8-9,12-13H2,1-2H3,(H,18,19,21). The minimum Gasteiger partial charge on any atom is -0.309 e. The molecule has 1 aromatic carbocycles. The minimum atomic E-state index is -3.03. The smallest absolute Gasteiger partial charge is 0.225 e. The Labute approximate surface area is 142 Å². The first-order valence-electron chi connectivity index (χ1n) is 7.94. The highest BCUT2D eigenvalue weighted by Crippen LogP contribution is 2.09. The Bertz CT molecular complexity index is 780. The van der Waals surface area contributed by atoms with Gasteiger partial charge in [-0.1, -0.05) is 31.2 Å². The van der Waals surface area contributed by atoms with Crippen molar-refractivity contribution in [2.45, 2.75) is 32.7 Å². The molecule has 0 aliphatic rings. The summed E-state index contributed by atoms with van der Waals surface area (Å²) in [7, 11) is -3.03. The molecule has 2 aromatic rings. The van der Waals surface area contributed by atoms with Gasteiger partial charge in [-0.2, -0.15) is 5.10 Å². The molecule has 0 saturated heterocycles. The molecule has 130 valence electrons. The Morgan fingerprint density at radius 2 is 1.83 bits per heavy atom. The summed E-state index contributed by atoms with van der Waals surface area (Å²) in [4.78, 5) is 12.0. The van der Waals surface area contributed by atoms with E-state index in [0.29, 0.717) is 18.7 Å². The van der Waals surface area contributed by atoms with E-state index in [4.69, 9.17) is 0 Å². The molecule has 1 aromatic heterocycles. The fraction of sp³-hybridized carbons (Fsp3) is 0.412. The largest absolute Gasteiger partial charge is 0.309 e. The van der Waals surface area contributed by atoms with Crippen LogP contribution in [0.1, 0.15) is 24.5 Å². The molecule has 0 aliphatic heterocycles. The quantitative estimate of drug-likeness (QED) is 0.791. The number of nitrogens with one attached hydrogen (secondary N) is 1. The van der Waals surface area contributed by atoms with Crippen LogP contribution in [0.2, 0.25) is 0 Å². The fourth-order valence-electron chi connectivity index (χ4n) is 2.22. The Morgan fingerprint density at radius 3 is 2.46 bits per heavy atom. The zero-order valence-electron chi connectivity index (χ0n) is 14.0. The van der Waals surface area contributed by atoms with Crippen molar-refractivity contribution in [2.24, 2.45) is 0 Å².